The molecule has 6 heteroatoms. The van der Waals surface area contributed by atoms with Crippen LogP contribution in [0.15, 0.2) is 12.1 Å². The summed E-state index contributed by atoms with van der Waals surface area (Å²) in [6.07, 6.45) is -0.850. The van der Waals surface area contributed by atoms with Gasteiger partial charge in [-0.05, 0) is 12.1 Å². The molecule has 0 bridgehead atoms. The van der Waals surface area contributed by atoms with Crippen molar-refractivity contribution >= 4 is 5.69 Å². The summed E-state index contributed by atoms with van der Waals surface area (Å²) in [7, 11) is 1.40. The van der Waals surface area contributed by atoms with Gasteiger partial charge in [0.1, 0.15) is 0 Å². The lowest BCUT2D eigenvalue weighted by Crippen LogP contribution is -2.24. The summed E-state index contributed by atoms with van der Waals surface area (Å²) in [5, 5.41) is 11.7. The van der Waals surface area contributed by atoms with Gasteiger partial charge in [-0.25, -0.2) is 13.2 Å². The van der Waals surface area contributed by atoms with E-state index in [0.717, 1.165) is 12.1 Å². The molecule has 1 rings (SSSR count). The highest BCUT2D eigenvalue weighted by molar-refractivity contribution is 5.45. The molecule has 0 amide bonds. The highest BCUT2D eigenvalue weighted by Gasteiger charge is 2.13. The quantitative estimate of drug-likeness (QED) is 0.760. The van der Waals surface area contributed by atoms with Crippen molar-refractivity contribution in [2.75, 3.05) is 25.6 Å². The largest absolute Gasteiger partial charge is 0.389 e. The molecule has 1 aromatic rings. The first-order chi connectivity index (χ1) is 7.56. The second kappa shape index (κ2) is 5.72. The summed E-state index contributed by atoms with van der Waals surface area (Å²) < 4.78 is 43.1. The minimum atomic E-state index is -1.54. The maximum Gasteiger partial charge on any atom is 0.196 e. The van der Waals surface area contributed by atoms with Crippen LogP contribution in [0.1, 0.15) is 0 Å². The van der Waals surface area contributed by atoms with E-state index in [1.54, 1.807) is 0 Å². The molecule has 1 unspecified atom stereocenters. The number of benzene rings is 1. The lowest BCUT2D eigenvalue weighted by atomic mass is 10.2. The van der Waals surface area contributed by atoms with Crippen LogP contribution < -0.4 is 5.32 Å². The summed E-state index contributed by atoms with van der Waals surface area (Å²) >= 11 is 0. The third kappa shape index (κ3) is 3.11. The molecule has 0 radical (unpaired) electrons. The summed E-state index contributed by atoms with van der Waals surface area (Å²) in [6, 6.07) is 1.87. The number of aliphatic hydroxyl groups is 1. The number of hydrogen-bond acceptors (Lipinski definition) is 3. The Kier molecular flexibility index (Phi) is 4.57. The van der Waals surface area contributed by atoms with Crippen LogP contribution in [-0.4, -0.2) is 31.5 Å². The van der Waals surface area contributed by atoms with Crippen LogP contribution in [-0.2, 0) is 4.74 Å². The summed E-state index contributed by atoms with van der Waals surface area (Å²) in [5.74, 6) is -4.09. The first-order valence-electron chi connectivity index (χ1n) is 4.60. The highest BCUT2D eigenvalue weighted by atomic mass is 19.2. The maximum atomic E-state index is 13.1. The van der Waals surface area contributed by atoms with E-state index in [9.17, 15) is 18.3 Å². The Balaban J connectivity index is 2.64. The number of methoxy groups -OCH3 is 1. The molecule has 2 N–H and O–H groups in total. The van der Waals surface area contributed by atoms with Gasteiger partial charge in [0, 0.05) is 13.7 Å². The molecule has 0 aliphatic rings. The summed E-state index contributed by atoms with van der Waals surface area (Å²) in [4.78, 5) is 0. The topological polar surface area (TPSA) is 41.5 Å². The van der Waals surface area contributed by atoms with Gasteiger partial charge in [-0.2, -0.15) is 0 Å². The molecule has 0 aliphatic carbocycles. The molecule has 1 atom stereocenters. The number of anilines is 1. The van der Waals surface area contributed by atoms with Gasteiger partial charge in [0.15, 0.2) is 17.5 Å². The van der Waals surface area contributed by atoms with Crippen LogP contribution in [0.5, 0.6) is 0 Å². The number of halogens is 3. The van der Waals surface area contributed by atoms with Crippen LogP contribution in [0.2, 0.25) is 0 Å². The third-order valence-electron chi connectivity index (χ3n) is 1.92. The fourth-order valence-electron chi connectivity index (χ4n) is 1.14. The lowest BCUT2D eigenvalue weighted by molar-refractivity contribution is 0.0727. The number of nitrogens with one attached hydrogen (secondary N) is 1. The zero-order valence-electron chi connectivity index (χ0n) is 8.64. The van der Waals surface area contributed by atoms with Crippen molar-refractivity contribution in [3.63, 3.8) is 0 Å². The first kappa shape index (κ1) is 12.8. The van der Waals surface area contributed by atoms with Crippen molar-refractivity contribution in [2.24, 2.45) is 0 Å². The molecule has 0 heterocycles. The molecule has 0 aromatic heterocycles. The fourth-order valence-corrected chi connectivity index (χ4v) is 1.14. The SMILES string of the molecule is COCC(O)CNc1ccc(F)c(F)c1F. The normalized spacial score (nSPS) is 12.6. The Morgan fingerprint density at radius 1 is 1.31 bits per heavy atom. The molecular formula is C10H12F3NO2. The van der Waals surface area contributed by atoms with E-state index in [1.165, 1.54) is 7.11 Å². The monoisotopic (exact) mass is 235 g/mol. The molecule has 3 nitrogen and oxygen atoms in total. The van der Waals surface area contributed by atoms with Crippen molar-refractivity contribution in [2.45, 2.75) is 6.10 Å². The Labute approximate surface area is 90.8 Å². The van der Waals surface area contributed by atoms with E-state index in [-0.39, 0.29) is 18.8 Å². The van der Waals surface area contributed by atoms with Crippen LogP contribution in [0.25, 0.3) is 0 Å². The van der Waals surface area contributed by atoms with E-state index in [1.807, 2.05) is 0 Å². The first-order valence-corrected chi connectivity index (χ1v) is 4.60. The average Bonchev–Trinajstić information content (AvgIpc) is 2.25. The molecule has 0 saturated carbocycles. The Bertz CT molecular complexity index is 360. The van der Waals surface area contributed by atoms with E-state index in [0.29, 0.717) is 0 Å². The van der Waals surface area contributed by atoms with E-state index < -0.39 is 23.6 Å². The Morgan fingerprint density at radius 3 is 2.62 bits per heavy atom. The maximum absolute atomic E-state index is 13.1. The average molecular weight is 235 g/mol. The van der Waals surface area contributed by atoms with Crippen molar-refractivity contribution < 1.29 is 23.0 Å². The van der Waals surface area contributed by atoms with Gasteiger partial charge in [-0.15, -0.1) is 0 Å². The highest BCUT2D eigenvalue weighted by Crippen LogP contribution is 2.19. The minimum absolute atomic E-state index is 0.0180. The molecular weight excluding hydrogens is 223 g/mol. The van der Waals surface area contributed by atoms with Gasteiger partial charge in [-0.1, -0.05) is 0 Å². The Morgan fingerprint density at radius 2 is 2.00 bits per heavy atom. The van der Waals surface area contributed by atoms with Crippen LogP contribution in [0.3, 0.4) is 0 Å². The standard InChI is InChI=1S/C10H12F3NO2/c1-16-5-6(15)4-14-8-3-2-7(11)9(12)10(8)13/h2-3,6,14-15H,4-5H2,1H3. The number of aliphatic hydroxyl groups excluding tert-OH is 1. The van der Waals surface area contributed by atoms with Gasteiger partial charge in [0.2, 0.25) is 0 Å². The van der Waals surface area contributed by atoms with Crippen LogP contribution in [0, 0.1) is 17.5 Å². The van der Waals surface area contributed by atoms with E-state index in [4.69, 9.17) is 0 Å². The van der Waals surface area contributed by atoms with Gasteiger partial charge < -0.3 is 15.2 Å². The second-order valence-electron chi connectivity index (χ2n) is 3.21. The number of rotatable bonds is 5. The fraction of sp³-hybridized carbons (Fsp3) is 0.400. The minimum Gasteiger partial charge on any atom is -0.389 e. The molecule has 0 spiro atoms. The van der Waals surface area contributed by atoms with Gasteiger partial charge in [0.05, 0.1) is 18.4 Å². The van der Waals surface area contributed by atoms with Gasteiger partial charge in [0.25, 0.3) is 0 Å². The molecule has 1 aromatic carbocycles. The van der Waals surface area contributed by atoms with E-state index >= 15 is 0 Å². The van der Waals surface area contributed by atoms with Crippen LogP contribution >= 0.6 is 0 Å². The predicted octanol–water partition coefficient (Wildman–Crippen LogP) is 1.52. The molecule has 0 saturated heterocycles. The third-order valence-corrected chi connectivity index (χ3v) is 1.92. The van der Waals surface area contributed by atoms with Crippen molar-refractivity contribution in [3.8, 4) is 0 Å². The predicted molar refractivity (Wildman–Crippen MR) is 52.7 cm³/mol. The smallest absolute Gasteiger partial charge is 0.196 e. The lowest BCUT2D eigenvalue weighted by Gasteiger charge is -2.12. The summed E-state index contributed by atoms with van der Waals surface area (Å²) in [6.45, 7) is 0.0497. The summed E-state index contributed by atoms with van der Waals surface area (Å²) in [5.41, 5.74) is -0.200. The van der Waals surface area contributed by atoms with E-state index in [2.05, 4.69) is 10.1 Å². The van der Waals surface area contributed by atoms with Crippen LogP contribution in [0.4, 0.5) is 18.9 Å². The molecule has 16 heavy (non-hydrogen) atoms. The Hall–Kier alpha value is -1.27. The van der Waals surface area contributed by atoms with Gasteiger partial charge >= 0.3 is 0 Å². The molecule has 90 valence electrons. The number of ether oxygens (including phenoxy) is 1. The zero-order chi connectivity index (χ0) is 12.1. The van der Waals surface area contributed by atoms with Crippen molar-refractivity contribution in [3.05, 3.63) is 29.6 Å². The number of hydrogen-bond donors (Lipinski definition) is 2. The van der Waals surface area contributed by atoms with Gasteiger partial charge in [-0.3, -0.25) is 0 Å². The molecule has 0 fully saturated rings. The zero-order valence-corrected chi connectivity index (χ0v) is 8.64. The second-order valence-corrected chi connectivity index (χ2v) is 3.21. The van der Waals surface area contributed by atoms with Crippen molar-refractivity contribution in [1.82, 2.24) is 0 Å². The van der Waals surface area contributed by atoms with Crippen molar-refractivity contribution in [1.29, 1.82) is 0 Å². The molecule has 0 aliphatic heterocycles.